The number of hydrogen-bond acceptors (Lipinski definition) is 4. The lowest BCUT2D eigenvalue weighted by Crippen LogP contribution is -2.09. The van der Waals surface area contributed by atoms with Crippen molar-refractivity contribution in [2.75, 3.05) is 5.75 Å². The van der Waals surface area contributed by atoms with Gasteiger partial charge in [0, 0.05) is 21.0 Å². The summed E-state index contributed by atoms with van der Waals surface area (Å²) >= 11 is 15.1. The average Bonchev–Trinajstić information content (AvgIpc) is 2.85. The van der Waals surface area contributed by atoms with E-state index >= 15 is 0 Å². The molecule has 7 heteroatoms. The van der Waals surface area contributed by atoms with Crippen LogP contribution < -0.4 is 5.32 Å². The lowest BCUT2D eigenvalue weighted by Gasteiger charge is -2.10. The zero-order valence-electron chi connectivity index (χ0n) is 9.52. The number of carbonyl (C=O) groups excluding carboxylic acids is 1. The summed E-state index contributed by atoms with van der Waals surface area (Å²) in [6.45, 7) is 0. The summed E-state index contributed by atoms with van der Waals surface area (Å²) in [5, 5.41) is 12.7. The van der Waals surface area contributed by atoms with Gasteiger partial charge in [0.1, 0.15) is 11.8 Å². The fourth-order valence-corrected chi connectivity index (χ4v) is 5.04. The Morgan fingerprint density at radius 2 is 2.32 bits per heavy atom. The van der Waals surface area contributed by atoms with Gasteiger partial charge in [-0.1, -0.05) is 29.3 Å². The monoisotopic (exact) mass is 330 g/mol. The van der Waals surface area contributed by atoms with Gasteiger partial charge >= 0.3 is 0 Å². The molecule has 1 aromatic carbocycles. The molecule has 0 bridgehead atoms. The van der Waals surface area contributed by atoms with Crippen molar-refractivity contribution in [2.24, 2.45) is 0 Å². The third kappa shape index (κ3) is 3.40. The SMILES string of the molecule is N#CC(NC=O)=C1SC[C@@H](c2ccc(Cl)cc2Cl)S1. The molecule has 0 saturated carbocycles. The fourth-order valence-electron chi connectivity index (χ4n) is 1.59. The predicted octanol–water partition coefficient (Wildman–Crippen LogP) is 3.95. The Balaban J connectivity index is 2.23. The third-order valence-corrected chi connectivity index (χ3v) is 5.95. The van der Waals surface area contributed by atoms with E-state index in [1.54, 1.807) is 12.1 Å². The molecular weight excluding hydrogens is 323 g/mol. The van der Waals surface area contributed by atoms with Gasteiger partial charge in [-0.25, -0.2) is 0 Å². The van der Waals surface area contributed by atoms with E-state index in [4.69, 9.17) is 28.5 Å². The highest BCUT2D eigenvalue weighted by Crippen LogP contribution is 2.52. The molecule has 1 amide bonds. The van der Waals surface area contributed by atoms with Crippen molar-refractivity contribution in [1.29, 1.82) is 5.26 Å². The van der Waals surface area contributed by atoms with Crippen molar-refractivity contribution >= 4 is 53.1 Å². The fraction of sp³-hybridized carbons (Fsp3) is 0.167. The van der Waals surface area contributed by atoms with E-state index in [9.17, 15) is 4.79 Å². The van der Waals surface area contributed by atoms with Gasteiger partial charge in [-0.3, -0.25) is 4.79 Å². The number of benzene rings is 1. The molecule has 19 heavy (non-hydrogen) atoms. The quantitative estimate of drug-likeness (QED) is 0.673. The van der Waals surface area contributed by atoms with Crippen molar-refractivity contribution in [3.8, 4) is 6.07 Å². The van der Waals surface area contributed by atoms with Gasteiger partial charge in [-0.2, -0.15) is 5.26 Å². The number of amides is 1. The van der Waals surface area contributed by atoms with Gasteiger partial charge in [0.2, 0.25) is 6.41 Å². The minimum absolute atomic E-state index is 0.154. The van der Waals surface area contributed by atoms with Crippen molar-refractivity contribution in [2.45, 2.75) is 5.25 Å². The number of carbonyl (C=O) groups is 1. The summed E-state index contributed by atoms with van der Waals surface area (Å²) in [4.78, 5) is 10.4. The Kier molecular flexibility index (Phi) is 5.06. The summed E-state index contributed by atoms with van der Waals surface area (Å²) in [6.07, 6.45) is 0.509. The number of nitrogens with one attached hydrogen (secondary N) is 1. The molecule has 2 rings (SSSR count). The van der Waals surface area contributed by atoms with Crippen LogP contribution in [0.5, 0.6) is 0 Å². The predicted molar refractivity (Wildman–Crippen MR) is 81.1 cm³/mol. The van der Waals surface area contributed by atoms with Gasteiger partial charge in [-0.15, -0.1) is 23.5 Å². The van der Waals surface area contributed by atoms with Crippen LogP contribution in [0.2, 0.25) is 10.0 Å². The van der Waals surface area contributed by atoms with Gasteiger partial charge in [0.25, 0.3) is 0 Å². The average molecular weight is 331 g/mol. The molecule has 1 aromatic rings. The molecular formula is C12H8Cl2N2OS2. The molecule has 1 N–H and O–H groups in total. The molecule has 0 aromatic heterocycles. The minimum atomic E-state index is 0.154. The first-order valence-electron chi connectivity index (χ1n) is 5.24. The van der Waals surface area contributed by atoms with Crippen LogP contribution in [-0.4, -0.2) is 12.2 Å². The zero-order chi connectivity index (χ0) is 13.8. The largest absolute Gasteiger partial charge is 0.319 e. The summed E-state index contributed by atoms with van der Waals surface area (Å²) in [6, 6.07) is 7.38. The van der Waals surface area contributed by atoms with Crippen LogP contribution in [0.15, 0.2) is 28.1 Å². The van der Waals surface area contributed by atoms with E-state index in [2.05, 4.69) is 5.32 Å². The van der Waals surface area contributed by atoms with Gasteiger partial charge in [-0.05, 0) is 17.7 Å². The summed E-state index contributed by atoms with van der Waals surface area (Å²) in [7, 11) is 0. The number of nitrogens with zero attached hydrogens (tertiary/aromatic N) is 1. The highest BCUT2D eigenvalue weighted by molar-refractivity contribution is 8.25. The second kappa shape index (κ2) is 6.58. The molecule has 0 aliphatic carbocycles. The summed E-state index contributed by atoms with van der Waals surface area (Å²) in [5.41, 5.74) is 1.28. The lowest BCUT2D eigenvalue weighted by atomic mass is 10.2. The zero-order valence-corrected chi connectivity index (χ0v) is 12.7. The highest BCUT2D eigenvalue weighted by atomic mass is 35.5. The molecule has 0 unspecified atom stereocenters. The van der Waals surface area contributed by atoms with E-state index in [0.717, 1.165) is 15.6 Å². The number of nitriles is 1. The van der Waals surface area contributed by atoms with Crippen LogP contribution in [0.25, 0.3) is 0 Å². The molecule has 1 aliphatic rings. The topological polar surface area (TPSA) is 52.9 Å². The van der Waals surface area contributed by atoms with Gasteiger partial charge in [0.05, 0.1) is 4.24 Å². The number of halogens is 2. The minimum Gasteiger partial charge on any atom is -0.319 e. The molecule has 0 radical (unpaired) electrons. The Morgan fingerprint density at radius 3 is 2.95 bits per heavy atom. The Hall–Kier alpha value is -0.800. The van der Waals surface area contributed by atoms with E-state index in [1.165, 1.54) is 23.5 Å². The molecule has 1 atom stereocenters. The maximum atomic E-state index is 10.4. The van der Waals surface area contributed by atoms with Crippen molar-refractivity contribution in [1.82, 2.24) is 5.32 Å². The van der Waals surface area contributed by atoms with Crippen LogP contribution in [0.4, 0.5) is 0 Å². The first-order valence-corrected chi connectivity index (χ1v) is 7.86. The summed E-state index contributed by atoms with van der Waals surface area (Å²) in [5.74, 6) is 0.799. The van der Waals surface area contributed by atoms with Crippen LogP contribution in [0.1, 0.15) is 10.8 Å². The molecule has 1 fully saturated rings. The number of hydrogen-bond donors (Lipinski definition) is 1. The highest BCUT2D eigenvalue weighted by Gasteiger charge is 2.27. The Labute approximate surface area is 129 Å². The van der Waals surface area contributed by atoms with E-state index in [-0.39, 0.29) is 10.9 Å². The molecule has 98 valence electrons. The van der Waals surface area contributed by atoms with E-state index in [1.807, 2.05) is 12.1 Å². The van der Waals surface area contributed by atoms with E-state index in [0.29, 0.717) is 16.5 Å². The van der Waals surface area contributed by atoms with Crippen LogP contribution >= 0.6 is 46.7 Å². The summed E-state index contributed by atoms with van der Waals surface area (Å²) < 4.78 is 0.811. The maximum Gasteiger partial charge on any atom is 0.212 e. The number of rotatable bonds is 3. The molecule has 0 spiro atoms. The van der Waals surface area contributed by atoms with E-state index < -0.39 is 0 Å². The second-order valence-corrected chi connectivity index (χ2v) is 6.97. The van der Waals surface area contributed by atoms with Gasteiger partial charge < -0.3 is 5.32 Å². The number of thioether (sulfide) groups is 2. The van der Waals surface area contributed by atoms with Crippen LogP contribution in [0, 0.1) is 11.3 Å². The third-order valence-electron chi connectivity index (χ3n) is 2.44. The standard InChI is InChI=1S/C12H8Cl2N2OS2/c13-7-1-2-8(9(14)3-7)11-5-18-12(19-11)10(4-15)16-6-17/h1-3,6,11H,5H2,(H,16,17)/t11-/m0/s1. The number of allylic oxidation sites excluding steroid dienone is 1. The van der Waals surface area contributed by atoms with Crippen molar-refractivity contribution in [3.05, 3.63) is 43.7 Å². The normalized spacial score (nSPS) is 20.8. The lowest BCUT2D eigenvalue weighted by molar-refractivity contribution is -0.108. The van der Waals surface area contributed by atoms with Crippen LogP contribution in [-0.2, 0) is 4.79 Å². The smallest absolute Gasteiger partial charge is 0.212 e. The second-order valence-electron chi connectivity index (χ2n) is 3.62. The Morgan fingerprint density at radius 1 is 1.53 bits per heavy atom. The molecule has 1 heterocycles. The van der Waals surface area contributed by atoms with Crippen molar-refractivity contribution < 1.29 is 4.79 Å². The first-order chi connectivity index (χ1) is 9.15. The molecule has 3 nitrogen and oxygen atoms in total. The van der Waals surface area contributed by atoms with Crippen molar-refractivity contribution in [3.63, 3.8) is 0 Å². The Bertz CT molecular complexity index is 584. The molecule has 1 saturated heterocycles. The van der Waals surface area contributed by atoms with Gasteiger partial charge in [0.15, 0.2) is 0 Å². The van der Waals surface area contributed by atoms with Crippen LogP contribution in [0.3, 0.4) is 0 Å². The molecule has 1 aliphatic heterocycles. The first kappa shape index (κ1) is 14.6. The maximum absolute atomic E-state index is 10.4.